The number of nitrogens with one attached hydrogen (secondary N) is 1. The first kappa shape index (κ1) is 19.9. The van der Waals surface area contributed by atoms with Crippen LogP contribution in [0.2, 0.25) is 0 Å². The molecule has 136 valence electrons. The van der Waals surface area contributed by atoms with Crippen LogP contribution in [0.25, 0.3) is 0 Å². The second-order valence-electron chi connectivity index (χ2n) is 5.30. The molecule has 0 radical (unpaired) electrons. The Morgan fingerprint density at radius 2 is 1.73 bits per heavy atom. The molecule has 0 unspecified atom stereocenters. The first-order valence-corrected chi connectivity index (χ1v) is 9.45. The summed E-state index contributed by atoms with van der Waals surface area (Å²) in [4.78, 5) is 11.4. The van der Waals surface area contributed by atoms with Crippen molar-refractivity contribution in [3.05, 3.63) is 65.2 Å². The molecule has 1 N–H and O–H groups in total. The zero-order chi connectivity index (χ0) is 18.9. The van der Waals surface area contributed by atoms with E-state index in [1.165, 1.54) is 18.9 Å². The normalized spacial score (nSPS) is 11.0. The van der Waals surface area contributed by atoms with Gasteiger partial charge in [0.2, 0.25) is 0 Å². The Bertz CT molecular complexity index is 787. The molecule has 2 aromatic rings. The lowest BCUT2D eigenvalue weighted by molar-refractivity contribution is 0.0600. The molecule has 0 amide bonds. The van der Waals surface area contributed by atoms with E-state index in [9.17, 15) is 4.79 Å². The van der Waals surface area contributed by atoms with Gasteiger partial charge in [0.15, 0.2) is 4.32 Å². The number of thiocarbonyl (C=S) groups is 1. The van der Waals surface area contributed by atoms with Gasteiger partial charge in [0, 0.05) is 0 Å². The number of hydrazone groups is 1. The number of ether oxygens (including phenoxy) is 2. The summed E-state index contributed by atoms with van der Waals surface area (Å²) in [6.07, 6.45) is 1.90. The lowest BCUT2D eigenvalue weighted by Crippen LogP contribution is -2.13. The monoisotopic (exact) mass is 388 g/mol. The molecule has 0 fully saturated rings. The number of carbonyl (C=O) groups is 1. The van der Waals surface area contributed by atoms with Crippen molar-refractivity contribution >= 4 is 40.0 Å². The van der Waals surface area contributed by atoms with Crippen LogP contribution in [0.3, 0.4) is 0 Å². The molecule has 26 heavy (non-hydrogen) atoms. The van der Waals surface area contributed by atoms with Crippen LogP contribution in [0.5, 0.6) is 5.75 Å². The molecular weight excluding hydrogens is 368 g/mol. The molecule has 7 heteroatoms. The summed E-state index contributed by atoms with van der Waals surface area (Å²) in [5.41, 5.74) is 6.13. The van der Waals surface area contributed by atoms with E-state index in [0.717, 1.165) is 22.6 Å². The molecule has 0 atom stereocenters. The first-order valence-electron chi connectivity index (χ1n) is 7.82. The maximum Gasteiger partial charge on any atom is 0.337 e. The van der Waals surface area contributed by atoms with Crippen molar-refractivity contribution in [2.24, 2.45) is 5.10 Å². The van der Waals surface area contributed by atoms with Gasteiger partial charge < -0.3 is 9.47 Å². The van der Waals surface area contributed by atoms with Crippen LogP contribution in [0, 0.1) is 0 Å². The summed E-state index contributed by atoms with van der Waals surface area (Å²) in [6.45, 7) is 2.33. The fourth-order valence-corrected chi connectivity index (χ4v) is 2.24. The molecule has 5 nitrogen and oxygen atoms in total. The molecule has 2 rings (SSSR count). The summed E-state index contributed by atoms with van der Waals surface area (Å²) in [6, 6.07) is 14.8. The number of methoxy groups -OCH3 is 1. The van der Waals surface area contributed by atoms with Gasteiger partial charge in [-0.15, -0.1) is 0 Å². The Balaban J connectivity index is 1.93. The minimum atomic E-state index is -0.349. The highest BCUT2D eigenvalue weighted by Crippen LogP contribution is 2.15. The zero-order valence-electron chi connectivity index (χ0n) is 14.8. The van der Waals surface area contributed by atoms with Crippen LogP contribution in [0.15, 0.2) is 53.6 Å². The highest BCUT2D eigenvalue weighted by atomic mass is 32.2. The third-order valence-electron chi connectivity index (χ3n) is 3.55. The lowest BCUT2D eigenvalue weighted by atomic mass is 10.1. The average molecular weight is 389 g/mol. The maximum absolute atomic E-state index is 11.4. The third-order valence-corrected chi connectivity index (χ3v) is 4.61. The highest BCUT2D eigenvalue weighted by molar-refractivity contribution is 8.22. The van der Waals surface area contributed by atoms with Crippen LogP contribution >= 0.6 is 24.0 Å². The Labute approximate surface area is 162 Å². The molecule has 0 aliphatic heterocycles. The van der Waals surface area contributed by atoms with Crippen LogP contribution in [0.4, 0.5) is 0 Å². The van der Waals surface area contributed by atoms with Gasteiger partial charge in [-0.05, 0) is 60.7 Å². The van der Waals surface area contributed by atoms with E-state index in [0.29, 0.717) is 16.5 Å². The second kappa shape index (κ2) is 9.94. The van der Waals surface area contributed by atoms with Crippen LogP contribution in [-0.2, 0) is 11.3 Å². The second-order valence-corrected chi connectivity index (χ2v) is 6.79. The lowest BCUT2D eigenvalue weighted by Gasteiger charge is -2.08. The fourth-order valence-electron chi connectivity index (χ4n) is 2.05. The predicted molar refractivity (Wildman–Crippen MR) is 110 cm³/mol. The van der Waals surface area contributed by atoms with Crippen LogP contribution in [-0.4, -0.2) is 29.4 Å². The van der Waals surface area contributed by atoms with Crippen molar-refractivity contribution in [3.8, 4) is 5.75 Å². The third kappa shape index (κ3) is 5.86. The fraction of sp³-hybridized carbons (Fsp3) is 0.211. The van der Waals surface area contributed by atoms with E-state index in [1.807, 2.05) is 49.6 Å². The van der Waals surface area contributed by atoms with Gasteiger partial charge in [-0.3, -0.25) is 5.43 Å². The smallest absolute Gasteiger partial charge is 0.337 e. The maximum atomic E-state index is 11.4. The number of hydrogen-bond donors (Lipinski definition) is 1. The Morgan fingerprint density at radius 1 is 1.12 bits per heavy atom. The molecule has 0 aliphatic rings. The highest BCUT2D eigenvalue weighted by Gasteiger charge is 2.05. The van der Waals surface area contributed by atoms with E-state index in [1.54, 1.807) is 12.1 Å². The topological polar surface area (TPSA) is 59.9 Å². The molecule has 0 aromatic heterocycles. The van der Waals surface area contributed by atoms with Gasteiger partial charge in [0.1, 0.15) is 12.4 Å². The van der Waals surface area contributed by atoms with E-state index >= 15 is 0 Å². The number of carbonyl (C=O) groups excluding carboxylic acids is 1. The molecule has 0 saturated carbocycles. The summed E-state index contributed by atoms with van der Waals surface area (Å²) >= 11 is 6.49. The van der Waals surface area contributed by atoms with E-state index < -0.39 is 0 Å². The number of thioether (sulfide) groups is 1. The van der Waals surface area contributed by atoms with Gasteiger partial charge in [0.05, 0.1) is 18.4 Å². The molecule has 0 heterocycles. The number of hydrogen-bond acceptors (Lipinski definition) is 6. The summed E-state index contributed by atoms with van der Waals surface area (Å²) in [7, 11) is 1.36. The van der Waals surface area contributed by atoms with Gasteiger partial charge >= 0.3 is 5.97 Å². The van der Waals surface area contributed by atoms with E-state index in [-0.39, 0.29) is 5.97 Å². The van der Waals surface area contributed by atoms with Gasteiger partial charge in [-0.25, -0.2) is 4.79 Å². The number of benzene rings is 2. The minimum Gasteiger partial charge on any atom is -0.489 e. The molecule has 0 aliphatic carbocycles. The van der Waals surface area contributed by atoms with Crippen molar-refractivity contribution in [1.82, 2.24) is 5.43 Å². The van der Waals surface area contributed by atoms with Crippen molar-refractivity contribution in [2.75, 3.05) is 13.4 Å². The predicted octanol–water partition coefficient (Wildman–Crippen LogP) is 4.01. The average Bonchev–Trinajstić information content (AvgIpc) is 2.70. The van der Waals surface area contributed by atoms with Crippen molar-refractivity contribution in [1.29, 1.82) is 0 Å². The molecule has 0 saturated heterocycles. The SMILES string of the molecule is COC(=O)c1ccc(COc2ccc(/C(C)=N/NC(=S)SC)cc2)cc1. The van der Waals surface area contributed by atoms with Gasteiger partial charge in [-0.1, -0.05) is 36.1 Å². The number of nitrogens with zero attached hydrogens (tertiary/aromatic N) is 1. The molecular formula is C19H20N2O3S2. The van der Waals surface area contributed by atoms with Crippen molar-refractivity contribution < 1.29 is 14.3 Å². The summed E-state index contributed by atoms with van der Waals surface area (Å²) in [5.74, 6) is 0.407. The Kier molecular flexibility index (Phi) is 7.62. The van der Waals surface area contributed by atoms with Gasteiger partial charge in [-0.2, -0.15) is 5.10 Å². The van der Waals surface area contributed by atoms with Gasteiger partial charge in [0.25, 0.3) is 0 Å². The molecule has 0 bridgehead atoms. The summed E-state index contributed by atoms with van der Waals surface area (Å²) in [5, 5.41) is 4.24. The van der Waals surface area contributed by atoms with E-state index in [2.05, 4.69) is 15.3 Å². The first-order chi connectivity index (χ1) is 12.5. The standard InChI is InChI=1S/C19H20N2O3S2/c1-13(20-21-19(25)26-3)15-8-10-17(11-9-15)24-12-14-4-6-16(7-5-14)18(22)23-2/h4-11H,12H2,1-3H3,(H,21,25)/b20-13+. The Hall–Kier alpha value is -2.38. The van der Waals surface area contributed by atoms with Crippen LogP contribution < -0.4 is 10.2 Å². The number of esters is 1. The quantitative estimate of drug-likeness (QED) is 0.349. The molecule has 2 aromatic carbocycles. The summed E-state index contributed by atoms with van der Waals surface area (Å²) < 4.78 is 11.1. The zero-order valence-corrected chi connectivity index (χ0v) is 16.4. The van der Waals surface area contributed by atoms with Crippen molar-refractivity contribution in [3.63, 3.8) is 0 Å². The minimum absolute atomic E-state index is 0.349. The van der Waals surface area contributed by atoms with Crippen molar-refractivity contribution in [2.45, 2.75) is 13.5 Å². The molecule has 0 spiro atoms. The largest absolute Gasteiger partial charge is 0.489 e. The van der Waals surface area contributed by atoms with Crippen LogP contribution in [0.1, 0.15) is 28.4 Å². The van der Waals surface area contributed by atoms with E-state index in [4.69, 9.17) is 17.0 Å². The number of rotatable bonds is 6. The Morgan fingerprint density at radius 3 is 2.31 bits per heavy atom.